The molecule has 0 spiro atoms. The van der Waals surface area contributed by atoms with Gasteiger partial charge in [-0.3, -0.25) is 4.79 Å². The molecule has 4 rings (SSSR count). The van der Waals surface area contributed by atoms with E-state index in [1.165, 1.54) is 43.3 Å². The molecule has 0 heterocycles. The summed E-state index contributed by atoms with van der Waals surface area (Å²) in [4.78, 5) is 12.4. The highest BCUT2D eigenvalue weighted by molar-refractivity contribution is 6.74. The molecule has 5 heteroatoms. The fraction of sp³-hybridized carbons (Fsp3) is 0.769. The monoisotopic (exact) mass is 638 g/mol. The maximum Gasteiger partial charge on any atom is 0.192 e. The van der Waals surface area contributed by atoms with Crippen molar-refractivity contribution in [3.05, 3.63) is 47.6 Å². The Morgan fingerprint density at radius 3 is 2.16 bits per heavy atom. The van der Waals surface area contributed by atoms with Gasteiger partial charge in [-0.2, -0.15) is 0 Å². The molecule has 0 radical (unpaired) electrons. The third-order valence-electron chi connectivity index (χ3n) is 13.0. The fourth-order valence-electron chi connectivity index (χ4n) is 7.79. The summed E-state index contributed by atoms with van der Waals surface area (Å²) in [5, 5.41) is 0.321. The first-order valence-electron chi connectivity index (χ1n) is 17.8. The van der Waals surface area contributed by atoms with Crippen LogP contribution >= 0.6 is 0 Å². The molecule has 0 N–H and O–H groups in total. The number of ketones is 1. The van der Waals surface area contributed by atoms with Crippen molar-refractivity contribution in [3.8, 4) is 0 Å². The standard InChI is InChI=1S/C39H66O3Si2/c1-27(16-23-35(40)30-18-19-30)33-21-22-34-29(15-14-24-39(33,34)9)17-20-31-25-32(41-43(10,11)37(3,4)5)26-36(28(31)2)42-44(12,13)38(6,7)8/h16-17,20,23,27,30,32-34,36H,2,14-15,18-19,21-22,24-26H2,1,3-13H3/b23-16+,29-17-,31-20+/t27-,32-,33-,34+,36+,39?/m1/s1. The molecule has 0 bridgehead atoms. The molecule has 0 amide bonds. The second-order valence-corrected chi connectivity index (χ2v) is 27.8. The van der Waals surface area contributed by atoms with Gasteiger partial charge in [0.1, 0.15) is 0 Å². The molecule has 6 atom stereocenters. The van der Waals surface area contributed by atoms with E-state index >= 15 is 0 Å². The van der Waals surface area contributed by atoms with Crippen molar-refractivity contribution in [1.82, 2.24) is 0 Å². The number of carbonyl (C=O) groups excluding carboxylic acids is 1. The first kappa shape index (κ1) is 35.8. The van der Waals surface area contributed by atoms with E-state index in [1.807, 2.05) is 6.08 Å². The second-order valence-electron chi connectivity index (χ2n) is 18.3. The number of fused-ring (bicyclic) bond motifs is 1. The molecule has 0 aromatic rings. The van der Waals surface area contributed by atoms with Crippen LogP contribution in [-0.4, -0.2) is 34.6 Å². The SMILES string of the molecule is C=C1/C(=C/C=C2/CCCC3(C)[C@@H]([C@H](C)/C=C/C(=O)C4CC4)CC[C@@H]23)C[C@@H](O[Si](C)(C)C(C)(C)C)C[C@@H]1O[Si](C)(C)C(C)(C)C. The molecule has 4 aliphatic carbocycles. The summed E-state index contributed by atoms with van der Waals surface area (Å²) in [5.41, 5.74) is 4.43. The molecular weight excluding hydrogens is 573 g/mol. The molecule has 44 heavy (non-hydrogen) atoms. The van der Waals surface area contributed by atoms with E-state index in [2.05, 4.69) is 106 Å². The topological polar surface area (TPSA) is 35.5 Å². The maximum absolute atomic E-state index is 12.4. The number of carbonyl (C=O) groups is 1. The van der Waals surface area contributed by atoms with Crippen LogP contribution in [-0.2, 0) is 13.6 Å². The smallest absolute Gasteiger partial charge is 0.192 e. The highest BCUT2D eigenvalue weighted by Crippen LogP contribution is 2.59. The summed E-state index contributed by atoms with van der Waals surface area (Å²) in [7, 11) is -3.91. The van der Waals surface area contributed by atoms with Gasteiger partial charge in [-0.15, -0.1) is 0 Å². The van der Waals surface area contributed by atoms with Gasteiger partial charge in [0.2, 0.25) is 0 Å². The zero-order valence-corrected chi connectivity index (χ0v) is 32.6. The van der Waals surface area contributed by atoms with Gasteiger partial charge in [0.05, 0.1) is 12.2 Å². The molecule has 0 aromatic heterocycles. The van der Waals surface area contributed by atoms with E-state index in [0.29, 0.717) is 34.9 Å². The lowest BCUT2D eigenvalue weighted by molar-refractivity contribution is -0.115. The van der Waals surface area contributed by atoms with Crippen LogP contribution in [0, 0.1) is 29.1 Å². The number of rotatable bonds is 9. The Labute approximate surface area is 273 Å². The summed E-state index contributed by atoms with van der Waals surface area (Å²) >= 11 is 0. The summed E-state index contributed by atoms with van der Waals surface area (Å²) in [5.74, 6) is 2.39. The van der Waals surface area contributed by atoms with E-state index in [1.54, 1.807) is 5.57 Å². The van der Waals surface area contributed by atoms with Crippen molar-refractivity contribution < 1.29 is 13.6 Å². The summed E-state index contributed by atoms with van der Waals surface area (Å²) in [6.45, 7) is 33.0. The van der Waals surface area contributed by atoms with Crippen molar-refractivity contribution in [2.75, 3.05) is 0 Å². The Kier molecular flexibility index (Phi) is 10.5. The van der Waals surface area contributed by atoms with Gasteiger partial charge >= 0.3 is 0 Å². The Bertz CT molecular complexity index is 1170. The average molecular weight is 639 g/mol. The van der Waals surface area contributed by atoms with Crippen LogP contribution in [0.5, 0.6) is 0 Å². The molecule has 0 aromatic carbocycles. The highest BCUT2D eigenvalue weighted by Gasteiger charge is 2.50. The van der Waals surface area contributed by atoms with Crippen LogP contribution in [0.15, 0.2) is 47.6 Å². The summed E-state index contributed by atoms with van der Waals surface area (Å²) < 4.78 is 14.1. The van der Waals surface area contributed by atoms with Gasteiger partial charge in [0.15, 0.2) is 22.4 Å². The Balaban J connectivity index is 1.58. The summed E-state index contributed by atoms with van der Waals surface area (Å²) in [6.07, 6.45) is 19.5. The fourth-order valence-corrected chi connectivity index (χ4v) is 10.5. The average Bonchev–Trinajstić information content (AvgIpc) is 3.68. The summed E-state index contributed by atoms with van der Waals surface area (Å²) in [6, 6.07) is 0. The van der Waals surface area contributed by atoms with Gasteiger partial charge in [-0.05, 0) is 128 Å². The lowest BCUT2D eigenvalue weighted by Gasteiger charge is -2.45. The van der Waals surface area contributed by atoms with Crippen molar-refractivity contribution in [2.45, 2.75) is 162 Å². The Hall–Kier alpha value is -1.02. The Morgan fingerprint density at radius 2 is 1.57 bits per heavy atom. The molecular formula is C39H66O3Si2. The maximum atomic E-state index is 12.4. The van der Waals surface area contributed by atoms with Crippen LogP contribution in [0.25, 0.3) is 0 Å². The minimum absolute atomic E-state index is 0.0162. The largest absolute Gasteiger partial charge is 0.413 e. The minimum Gasteiger partial charge on any atom is -0.413 e. The number of hydrogen-bond acceptors (Lipinski definition) is 3. The second kappa shape index (κ2) is 12.9. The zero-order valence-electron chi connectivity index (χ0n) is 30.6. The highest BCUT2D eigenvalue weighted by atomic mass is 28.4. The first-order valence-corrected chi connectivity index (χ1v) is 23.6. The minimum atomic E-state index is -1.98. The van der Waals surface area contributed by atoms with Crippen molar-refractivity contribution in [2.24, 2.45) is 29.1 Å². The molecule has 3 nitrogen and oxygen atoms in total. The lowest BCUT2D eigenvalue weighted by Crippen LogP contribution is -2.49. The van der Waals surface area contributed by atoms with Gasteiger partial charge < -0.3 is 8.85 Å². The molecule has 4 fully saturated rings. The van der Waals surface area contributed by atoms with Gasteiger partial charge in [-0.1, -0.05) is 85.8 Å². The third-order valence-corrected chi connectivity index (χ3v) is 22.0. The number of allylic oxidation sites excluding steroid dienone is 5. The molecule has 248 valence electrons. The van der Waals surface area contributed by atoms with Crippen LogP contribution in [0.4, 0.5) is 0 Å². The van der Waals surface area contributed by atoms with E-state index in [-0.39, 0.29) is 22.3 Å². The van der Waals surface area contributed by atoms with E-state index < -0.39 is 16.6 Å². The predicted molar refractivity (Wildman–Crippen MR) is 193 cm³/mol. The zero-order chi connectivity index (χ0) is 32.9. The van der Waals surface area contributed by atoms with Crippen LogP contribution in [0.3, 0.4) is 0 Å². The van der Waals surface area contributed by atoms with Gasteiger partial charge in [0, 0.05) is 12.3 Å². The van der Waals surface area contributed by atoms with Crippen LogP contribution in [0.2, 0.25) is 36.3 Å². The lowest BCUT2D eigenvalue weighted by atomic mass is 9.61. The van der Waals surface area contributed by atoms with Crippen molar-refractivity contribution in [3.63, 3.8) is 0 Å². The van der Waals surface area contributed by atoms with Gasteiger partial charge in [0.25, 0.3) is 0 Å². The van der Waals surface area contributed by atoms with Crippen molar-refractivity contribution in [1.29, 1.82) is 0 Å². The molecule has 1 unspecified atom stereocenters. The van der Waals surface area contributed by atoms with E-state index in [9.17, 15) is 4.79 Å². The van der Waals surface area contributed by atoms with E-state index in [0.717, 1.165) is 25.7 Å². The first-order chi connectivity index (χ1) is 20.2. The van der Waals surface area contributed by atoms with Crippen LogP contribution in [0.1, 0.15) is 113 Å². The normalized spacial score (nSPS) is 33.3. The predicted octanol–water partition coefficient (Wildman–Crippen LogP) is 11.4. The van der Waals surface area contributed by atoms with Gasteiger partial charge in [-0.25, -0.2) is 0 Å². The van der Waals surface area contributed by atoms with Crippen molar-refractivity contribution >= 4 is 22.4 Å². The quantitative estimate of drug-likeness (QED) is 0.186. The Morgan fingerprint density at radius 1 is 0.955 bits per heavy atom. The van der Waals surface area contributed by atoms with Crippen LogP contribution < -0.4 is 0 Å². The molecule has 0 saturated heterocycles. The number of hydrogen-bond donors (Lipinski definition) is 0. The van der Waals surface area contributed by atoms with E-state index in [4.69, 9.17) is 8.85 Å². The molecule has 0 aliphatic heterocycles. The molecule has 4 saturated carbocycles. The third kappa shape index (κ3) is 7.74. The molecule has 4 aliphatic rings.